The zero-order valence-electron chi connectivity index (χ0n) is 14.0. The zero-order chi connectivity index (χ0) is 17.5. The number of hydrogen-bond acceptors (Lipinski definition) is 3. The second-order valence-electron chi connectivity index (χ2n) is 7.20. The molecule has 1 amide bonds. The van der Waals surface area contributed by atoms with E-state index in [0.717, 1.165) is 31.4 Å². The van der Waals surface area contributed by atoms with Crippen LogP contribution < -0.4 is 4.72 Å². The molecule has 2 unspecified atom stereocenters. The van der Waals surface area contributed by atoms with Gasteiger partial charge in [-0.25, -0.2) is 17.5 Å². The van der Waals surface area contributed by atoms with Crippen molar-refractivity contribution in [2.24, 2.45) is 11.8 Å². The summed E-state index contributed by atoms with van der Waals surface area (Å²) in [7, 11) is -3.93. The fourth-order valence-electron chi connectivity index (χ4n) is 3.34. The number of nitrogens with one attached hydrogen (secondary N) is 1. The van der Waals surface area contributed by atoms with Crippen molar-refractivity contribution in [1.29, 1.82) is 0 Å². The van der Waals surface area contributed by atoms with Gasteiger partial charge in [0.1, 0.15) is 10.7 Å². The maximum atomic E-state index is 14.0. The van der Waals surface area contributed by atoms with Crippen molar-refractivity contribution in [2.75, 3.05) is 13.1 Å². The van der Waals surface area contributed by atoms with Gasteiger partial charge in [0.05, 0.1) is 0 Å². The highest BCUT2D eigenvalue weighted by atomic mass is 32.2. The number of rotatable bonds is 4. The van der Waals surface area contributed by atoms with E-state index in [4.69, 9.17) is 0 Å². The monoisotopic (exact) mass is 354 g/mol. The Morgan fingerprint density at radius 1 is 1.21 bits per heavy atom. The molecule has 1 saturated heterocycles. The third-order valence-electron chi connectivity index (χ3n) is 4.52. The summed E-state index contributed by atoms with van der Waals surface area (Å²) in [6.07, 6.45) is 2.60. The van der Waals surface area contributed by atoms with Gasteiger partial charge >= 0.3 is 0 Å². The van der Waals surface area contributed by atoms with Crippen molar-refractivity contribution in [2.45, 2.75) is 44.0 Å². The Kier molecular flexibility index (Phi) is 4.66. The third kappa shape index (κ3) is 3.78. The lowest BCUT2D eigenvalue weighted by molar-refractivity contribution is 0.0623. The molecule has 2 aliphatic rings. The molecule has 5 nitrogen and oxygen atoms in total. The van der Waals surface area contributed by atoms with Crippen LogP contribution in [0.2, 0.25) is 0 Å². The maximum absolute atomic E-state index is 14.0. The first-order valence-corrected chi connectivity index (χ1v) is 9.85. The highest BCUT2D eigenvalue weighted by molar-refractivity contribution is 7.89. The average Bonchev–Trinajstić information content (AvgIpc) is 3.29. The highest BCUT2D eigenvalue weighted by Crippen LogP contribution is 2.26. The molecular weight excluding hydrogens is 331 g/mol. The number of piperidine rings is 1. The first-order chi connectivity index (χ1) is 11.3. The molecule has 1 aliphatic carbocycles. The van der Waals surface area contributed by atoms with Crippen molar-refractivity contribution in [1.82, 2.24) is 9.62 Å². The number of halogens is 1. The Morgan fingerprint density at radius 3 is 2.42 bits per heavy atom. The molecule has 0 aromatic heterocycles. The van der Waals surface area contributed by atoms with Crippen LogP contribution in [0.3, 0.4) is 0 Å². The summed E-state index contributed by atoms with van der Waals surface area (Å²) in [5, 5.41) is 0. The molecule has 3 rings (SSSR count). The summed E-state index contributed by atoms with van der Waals surface area (Å²) in [6, 6.07) is 3.47. The number of carbonyl (C=O) groups excluding carboxylic acids is 1. The van der Waals surface area contributed by atoms with Gasteiger partial charge in [-0.05, 0) is 49.3 Å². The summed E-state index contributed by atoms with van der Waals surface area (Å²) in [6.45, 7) is 5.47. The fourth-order valence-corrected chi connectivity index (χ4v) is 4.75. The van der Waals surface area contributed by atoms with E-state index in [1.807, 2.05) is 0 Å². The van der Waals surface area contributed by atoms with Crippen molar-refractivity contribution >= 4 is 15.9 Å². The van der Waals surface area contributed by atoms with E-state index in [9.17, 15) is 17.6 Å². The number of hydrogen-bond donors (Lipinski definition) is 1. The summed E-state index contributed by atoms with van der Waals surface area (Å²) >= 11 is 0. The Balaban J connectivity index is 1.86. The highest BCUT2D eigenvalue weighted by Gasteiger charge is 2.31. The molecule has 132 valence electrons. The van der Waals surface area contributed by atoms with Gasteiger partial charge in [-0.1, -0.05) is 13.8 Å². The van der Waals surface area contributed by atoms with Crippen molar-refractivity contribution < 1.29 is 17.6 Å². The lowest BCUT2D eigenvalue weighted by Gasteiger charge is -2.35. The minimum absolute atomic E-state index is 0.113. The van der Waals surface area contributed by atoms with E-state index in [1.54, 1.807) is 4.90 Å². The molecule has 1 heterocycles. The van der Waals surface area contributed by atoms with Crippen LogP contribution >= 0.6 is 0 Å². The number of nitrogens with zero attached hydrogens (tertiary/aromatic N) is 1. The van der Waals surface area contributed by atoms with Gasteiger partial charge in [0, 0.05) is 24.7 Å². The van der Waals surface area contributed by atoms with Crippen LogP contribution in [0.1, 0.15) is 43.5 Å². The smallest absolute Gasteiger partial charge is 0.253 e. The number of benzene rings is 1. The van der Waals surface area contributed by atoms with Gasteiger partial charge in [-0.2, -0.15) is 0 Å². The minimum atomic E-state index is -3.93. The number of sulfonamides is 1. The largest absolute Gasteiger partial charge is 0.338 e. The van der Waals surface area contributed by atoms with Gasteiger partial charge in [0.25, 0.3) is 5.91 Å². The number of likely N-dealkylation sites (tertiary alicyclic amines) is 1. The Hall–Kier alpha value is -1.47. The molecule has 24 heavy (non-hydrogen) atoms. The second-order valence-corrected chi connectivity index (χ2v) is 8.88. The van der Waals surface area contributed by atoms with Gasteiger partial charge in [0.2, 0.25) is 10.0 Å². The molecule has 2 fully saturated rings. The van der Waals surface area contributed by atoms with Crippen LogP contribution in [0.4, 0.5) is 4.39 Å². The van der Waals surface area contributed by atoms with E-state index in [2.05, 4.69) is 18.6 Å². The SMILES string of the molecule is CC1CC(C)CN(C(=O)c2ccc(F)c(S(=O)(=O)NC3CC3)c2)C1. The standard InChI is InChI=1S/C17H23FN2O3S/c1-11-7-12(2)10-20(9-11)17(21)13-3-6-15(18)16(8-13)24(22,23)19-14-4-5-14/h3,6,8,11-12,14,19H,4-5,7,9-10H2,1-2H3. The Bertz CT molecular complexity index is 736. The van der Waals surface area contributed by atoms with Crippen molar-refractivity contribution in [3.05, 3.63) is 29.6 Å². The van der Waals surface area contributed by atoms with E-state index < -0.39 is 20.7 Å². The molecule has 1 saturated carbocycles. The fraction of sp³-hybridized carbons (Fsp3) is 0.588. The van der Waals surface area contributed by atoms with E-state index >= 15 is 0 Å². The molecule has 7 heteroatoms. The van der Waals surface area contributed by atoms with E-state index in [1.165, 1.54) is 6.07 Å². The predicted octanol–water partition coefficient (Wildman–Crippen LogP) is 2.38. The lowest BCUT2D eigenvalue weighted by Crippen LogP contribution is -2.42. The molecule has 0 spiro atoms. The van der Waals surface area contributed by atoms with Crippen molar-refractivity contribution in [3.8, 4) is 0 Å². The van der Waals surface area contributed by atoms with Gasteiger partial charge < -0.3 is 4.90 Å². The molecule has 1 aliphatic heterocycles. The van der Waals surface area contributed by atoms with Crippen LogP contribution in [-0.2, 0) is 10.0 Å². The second kappa shape index (κ2) is 6.44. The third-order valence-corrected chi connectivity index (χ3v) is 6.06. The summed E-state index contributed by atoms with van der Waals surface area (Å²) in [5.41, 5.74) is 0.217. The van der Waals surface area contributed by atoms with Gasteiger partial charge in [0.15, 0.2) is 0 Å². The molecule has 1 aromatic rings. The van der Waals surface area contributed by atoms with Crippen molar-refractivity contribution in [3.63, 3.8) is 0 Å². The topological polar surface area (TPSA) is 66.5 Å². The van der Waals surface area contributed by atoms with Gasteiger partial charge in [-0.15, -0.1) is 0 Å². The van der Waals surface area contributed by atoms with E-state index in [-0.39, 0.29) is 17.5 Å². The zero-order valence-corrected chi connectivity index (χ0v) is 14.8. The Morgan fingerprint density at radius 2 is 1.83 bits per heavy atom. The van der Waals surface area contributed by atoms with Crippen LogP contribution in [0.25, 0.3) is 0 Å². The number of amides is 1. The Labute approximate surface area is 142 Å². The maximum Gasteiger partial charge on any atom is 0.253 e. The molecule has 0 radical (unpaired) electrons. The first kappa shape index (κ1) is 17.4. The van der Waals surface area contributed by atoms with Crippen LogP contribution in [0, 0.1) is 17.7 Å². The average molecular weight is 354 g/mol. The summed E-state index contributed by atoms with van der Waals surface area (Å²) < 4.78 is 41.0. The lowest BCUT2D eigenvalue weighted by atomic mass is 9.91. The normalized spacial score (nSPS) is 24.9. The quantitative estimate of drug-likeness (QED) is 0.903. The van der Waals surface area contributed by atoms with Crippen LogP contribution in [-0.4, -0.2) is 38.4 Å². The molecular formula is C17H23FN2O3S. The molecule has 1 N–H and O–H groups in total. The van der Waals surface area contributed by atoms with Gasteiger partial charge in [-0.3, -0.25) is 4.79 Å². The summed E-state index contributed by atoms with van der Waals surface area (Å²) in [5.74, 6) is -0.271. The summed E-state index contributed by atoms with van der Waals surface area (Å²) in [4.78, 5) is 14.0. The first-order valence-electron chi connectivity index (χ1n) is 8.37. The molecule has 0 bridgehead atoms. The van der Waals surface area contributed by atoms with E-state index in [0.29, 0.717) is 24.9 Å². The minimum Gasteiger partial charge on any atom is -0.338 e. The van der Waals surface area contributed by atoms with Crippen LogP contribution in [0.5, 0.6) is 0 Å². The predicted molar refractivity (Wildman–Crippen MR) is 88.6 cm³/mol. The number of carbonyl (C=O) groups is 1. The van der Waals surface area contributed by atoms with Crippen LogP contribution in [0.15, 0.2) is 23.1 Å². The molecule has 1 aromatic carbocycles. The molecule has 2 atom stereocenters.